The van der Waals surface area contributed by atoms with Crippen molar-refractivity contribution in [3.05, 3.63) is 24.3 Å². The first-order valence-electron chi connectivity index (χ1n) is 6.96. The minimum Gasteiger partial charge on any atom is -0.492 e. The maximum absolute atomic E-state index is 12.2. The molecule has 1 saturated heterocycles. The molecule has 2 N–H and O–H groups in total. The minimum atomic E-state index is -0.0987. The van der Waals surface area contributed by atoms with Gasteiger partial charge >= 0.3 is 0 Å². The lowest BCUT2D eigenvalue weighted by Gasteiger charge is -2.27. The number of hydrogen-bond acceptors (Lipinski definition) is 3. The Morgan fingerprint density at radius 3 is 3.00 bits per heavy atom. The van der Waals surface area contributed by atoms with Crippen LogP contribution in [0.1, 0.15) is 26.7 Å². The third-order valence-corrected chi connectivity index (χ3v) is 3.43. The van der Waals surface area contributed by atoms with Gasteiger partial charge in [-0.15, -0.1) is 0 Å². The van der Waals surface area contributed by atoms with Crippen LogP contribution in [-0.2, 0) is 4.79 Å². The van der Waals surface area contributed by atoms with Gasteiger partial charge in [-0.3, -0.25) is 4.79 Å². The molecule has 0 spiro atoms. The molecule has 1 fully saturated rings. The third-order valence-electron chi connectivity index (χ3n) is 3.43. The molecule has 0 radical (unpaired) electrons. The summed E-state index contributed by atoms with van der Waals surface area (Å²) in [4.78, 5) is 12.2. The van der Waals surface area contributed by atoms with Crippen LogP contribution >= 0.6 is 0 Å². The lowest BCUT2D eigenvalue weighted by molar-refractivity contribution is -0.119. The quantitative estimate of drug-likeness (QED) is 0.876. The van der Waals surface area contributed by atoms with Crippen molar-refractivity contribution in [2.45, 2.75) is 32.7 Å². The summed E-state index contributed by atoms with van der Waals surface area (Å²) in [6.45, 7) is 5.62. The van der Waals surface area contributed by atoms with Crippen molar-refractivity contribution < 1.29 is 9.53 Å². The first kappa shape index (κ1) is 13.9. The van der Waals surface area contributed by atoms with Gasteiger partial charge in [-0.05, 0) is 44.4 Å². The normalized spacial score (nSPS) is 22.8. The van der Waals surface area contributed by atoms with Crippen LogP contribution in [0.4, 0.5) is 5.69 Å². The van der Waals surface area contributed by atoms with E-state index < -0.39 is 0 Å². The zero-order chi connectivity index (χ0) is 13.7. The standard InChI is InChI=1S/C15H22N2O2/c1-3-19-14-7-5-4-6-12(14)17-15(18)13-10-11(2)8-9-16-13/h4-7,11,13,16H,3,8-10H2,1-2H3,(H,17,18). The van der Waals surface area contributed by atoms with Crippen LogP contribution in [0.2, 0.25) is 0 Å². The smallest absolute Gasteiger partial charge is 0.241 e. The lowest BCUT2D eigenvalue weighted by Crippen LogP contribution is -2.45. The molecule has 0 aromatic heterocycles. The van der Waals surface area contributed by atoms with E-state index in [0.717, 1.165) is 30.8 Å². The van der Waals surface area contributed by atoms with E-state index in [4.69, 9.17) is 4.74 Å². The fourth-order valence-electron chi connectivity index (χ4n) is 2.38. The van der Waals surface area contributed by atoms with Crippen molar-refractivity contribution >= 4 is 11.6 Å². The Hall–Kier alpha value is -1.55. The van der Waals surface area contributed by atoms with Gasteiger partial charge in [0, 0.05) is 0 Å². The summed E-state index contributed by atoms with van der Waals surface area (Å²) in [5, 5.41) is 6.23. The molecule has 0 aliphatic carbocycles. The number of nitrogens with one attached hydrogen (secondary N) is 2. The average molecular weight is 262 g/mol. The molecule has 2 unspecified atom stereocenters. The van der Waals surface area contributed by atoms with E-state index in [1.54, 1.807) is 0 Å². The maximum atomic E-state index is 12.2. The number of ether oxygens (including phenoxy) is 1. The van der Waals surface area contributed by atoms with Gasteiger partial charge in [0.1, 0.15) is 5.75 Å². The van der Waals surface area contributed by atoms with Gasteiger partial charge in [0.2, 0.25) is 5.91 Å². The number of carbonyl (C=O) groups excluding carboxylic acids is 1. The maximum Gasteiger partial charge on any atom is 0.241 e. The van der Waals surface area contributed by atoms with Crippen LogP contribution in [0.5, 0.6) is 5.75 Å². The second kappa shape index (κ2) is 6.57. The van der Waals surface area contributed by atoms with Crippen molar-refractivity contribution in [2.75, 3.05) is 18.5 Å². The Morgan fingerprint density at radius 2 is 2.26 bits per heavy atom. The largest absolute Gasteiger partial charge is 0.492 e. The van der Waals surface area contributed by atoms with E-state index in [-0.39, 0.29) is 11.9 Å². The minimum absolute atomic E-state index is 0.0266. The average Bonchev–Trinajstić information content (AvgIpc) is 2.41. The zero-order valence-corrected chi connectivity index (χ0v) is 11.6. The monoisotopic (exact) mass is 262 g/mol. The fourth-order valence-corrected chi connectivity index (χ4v) is 2.38. The first-order valence-corrected chi connectivity index (χ1v) is 6.96. The highest BCUT2D eigenvalue weighted by molar-refractivity contribution is 5.96. The summed E-state index contributed by atoms with van der Waals surface area (Å²) >= 11 is 0. The number of rotatable bonds is 4. The first-order chi connectivity index (χ1) is 9.20. The van der Waals surface area contributed by atoms with Crippen LogP contribution in [0.15, 0.2) is 24.3 Å². The number of hydrogen-bond donors (Lipinski definition) is 2. The molecule has 1 aliphatic heterocycles. The summed E-state index contributed by atoms with van der Waals surface area (Å²) in [5.74, 6) is 1.35. The van der Waals surface area contributed by atoms with Crippen molar-refractivity contribution in [3.63, 3.8) is 0 Å². The molecule has 0 bridgehead atoms. The highest BCUT2D eigenvalue weighted by atomic mass is 16.5. The number of para-hydroxylation sites is 2. The Labute approximate surface area is 114 Å². The molecule has 1 amide bonds. The van der Waals surface area contributed by atoms with Crippen molar-refractivity contribution in [1.29, 1.82) is 0 Å². The highest BCUT2D eigenvalue weighted by Gasteiger charge is 2.24. The number of piperidine rings is 1. The summed E-state index contributed by atoms with van der Waals surface area (Å²) in [5.41, 5.74) is 0.745. The number of benzene rings is 1. The molecule has 4 nitrogen and oxygen atoms in total. The van der Waals surface area contributed by atoms with E-state index in [9.17, 15) is 4.79 Å². The summed E-state index contributed by atoms with van der Waals surface area (Å²) in [6, 6.07) is 7.44. The lowest BCUT2D eigenvalue weighted by atomic mass is 9.94. The number of amides is 1. The molecule has 4 heteroatoms. The predicted octanol–water partition coefficient (Wildman–Crippen LogP) is 2.41. The molecule has 19 heavy (non-hydrogen) atoms. The van der Waals surface area contributed by atoms with Gasteiger partial charge < -0.3 is 15.4 Å². The third kappa shape index (κ3) is 3.70. The van der Waals surface area contributed by atoms with Gasteiger partial charge in [0.25, 0.3) is 0 Å². The van der Waals surface area contributed by atoms with E-state index >= 15 is 0 Å². The van der Waals surface area contributed by atoms with Gasteiger partial charge in [0.05, 0.1) is 18.3 Å². The summed E-state index contributed by atoms with van der Waals surface area (Å²) < 4.78 is 5.51. The molecule has 0 saturated carbocycles. The van der Waals surface area contributed by atoms with Crippen LogP contribution < -0.4 is 15.4 Å². The highest BCUT2D eigenvalue weighted by Crippen LogP contribution is 2.24. The molecule has 2 rings (SSSR count). The number of anilines is 1. The van der Waals surface area contributed by atoms with Gasteiger partial charge in [-0.25, -0.2) is 0 Å². The van der Waals surface area contributed by atoms with E-state index in [2.05, 4.69) is 17.6 Å². The van der Waals surface area contributed by atoms with Crippen LogP contribution in [0.3, 0.4) is 0 Å². The Balaban J connectivity index is 2.02. The second-order valence-electron chi connectivity index (χ2n) is 5.05. The van der Waals surface area contributed by atoms with Crippen molar-refractivity contribution in [2.24, 2.45) is 5.92 Å². The number of carbonyl (C=O) groups is 1. The van der Waals surface area contributed by atoms with Gasteiger partial charge in [-0.2, -0.15) is 0 Å². The molecular formula is C15H22N2O2. The molecule has 2 atom stereocenters. The summed E-state index contributed by atoms with van der Waals surface area (Å²) in [6.07, 6.45) is 2.03. The van der Waals surface area contributed by atoms with Crippen LogP contribution in [0, 0.1) is 5.92 Å². The molecule has 1 aliphatic rings. The van der Waals surface area contributed by atoms with Gasteiger partial charge in [0.15, 0.2) is 0 Å². The fraction of sp³-hybridized carbons (Fsp3) is 0.533. The molecular weight excluding hydrogens is 240 g/mol. The second-order valence-corrected chi connectivity index (χ2v) is 5.05. The van der Waals surface area contributed by atoms with Crippen LogP contribution in [-0.4, -0.2) is 25.1 Å². The van der Waals surface area contributed by atoms with Gasteiger partial charge in [-0.1, -0.05) is 19.1 Å². The summed E-state index contributed by atoms with van der Waals surface area (Å²) in [7, 11) is 0. The molecule has 1 heterocycles. The van der Waals surface area contributed by atoms with Crippen molar-refractivity contribution in [1.82, 2.24) is 5.32 Å². The van der Waals surface area contributed by atoms with E-state index in [0.29, 0.717) is 12.5 Å². The SMILES string of the molecule is CCOc1ccccc1NC(=O)C1CC(C)CCN1. The molecule has 104 valence electrons. The molecule has 1 aromatic carbocycles. The zero-order valence-electron chi connectivity index (χ0n) is 11.6. The predicted molar refractivity (Wildman–Crippen MR) is 76.4 cm³/mol. The Kier molecular flexibility index (Phi) is 4.80. The molecule has 1 aromatic rings. The topological polar surface area (TPSA) is 50.4 Å². The Morgan fingerprint density at radius 1 is 1.47 bits per heavy atom. The van der Waals surface area contributed by atoms with Crippen molar-refractivity contribution in [3.8, 4) is 5.75 Å². The van der Waals surface area contributed by atoms with E-state index in [1.807, 2.05) is 31.2 Å². The Bertz CT molecular complexity index is 434. The van der Waals surface area contributed by atoms with E-state index in [1.165, 1.54) is 0 Å². The van der Waals surface area contributed by atoms with Crippen LogP contribution in [0.25, 0.3) is 0 Å².